The Kier molecular flexibility index (Phi) is 4.17. The number of nitrogens with zero attached hydrogens (tertiary/aromatic N) is 2. The molecule has 0 aliphatic heterocycles. The van der Waals surface area contributed by atoms with Gasteiger partial charge in [-0.05, 0) is 23.3 Å². The molecular weight excluding hydrogens is 286 g/mol. The third-order valence-electron chi connectivity index (χ3n) is 3.02. The fourth-order valence-electron chi connectivity index (χ4n) is 1.95. The van der Waals surface area contributed by atoms with Crippen LogP contribution in [-0.4, -0.2) is 10.2 Å². The van der Waals surface area contributed by atoms with Gasteiger partial charge in [0.05, 0.1) is 6.42 Å². The summed E-state index contributed by atoms with van der Waals surface area (Å²) in [5, 5.41) is 11.9. The zero-order chi connectivity index (χ0) is 14.5. The van der Waals surface area contributed by atoms with E-state index >= 15 is 0 Å². The van der Waals surface area contributed by atoms with Crippen molar-refractivity contribution in [1.82, 2.24) is 10.2 Å². The number of nitrogens with one attached hydrogen (secondary N) is 1. The summed E-state index contributed by atoms with van der Waals surface area (Å²) in [6.45, 7) is 0.656. The Hall–Kier alpha value is -2.33. The molecule has 3 rings (SSSR count). The van der Waals surface area contributed by atoms with Crippen molar-refractivity contribution in [3.63, 3.8) is 0 Å². The normalized spacial score (nSPS) is 10.5. The molecule has 0 radical (unpaired) electrons. The highest BCUT2D eigenvalue weighted by Gasteiger charge is 2.06. The molecule has 1 heterocycles. The Morgan fingerprint density at radius 2 is 1.67 bits per heavy atom. The van der Waals surface area contributed by atoms with E-state index in [9.17, 15) is 0 Å². The SMILES string of the molecule is Clc1ccc(Cc2nnc(NCc3ccccc3)o2)cc1. The summed E-state index contributed by atoms with van der Waals surface area (Å²) in [5.74, 6) is 0.577. The van der Waals surface area contributed by atoms with Gasteiger partial charge in [-0.1, -0.05) is 59.2 Å². The monoisotopic (exact) mass is 299 g/mol. The van der Waals surface area contributed by atoms with E-state index in [1.165, 1.54) is 0 Å². The minimum Gasteiger partial charge on any atom is -0.408 e. The van der Waals surface area contributed by atoms with Gasteiger partial charge in [0.25, 0.3) is 0 Å². The molecule has 0 saturated carbocycles. The van der Waals surface area contributed by atoms with Crippen molar-refractivity contribution in [3.05, 3.63) is 76.6 Å². The van der Waals surface area contributed by atoms with E-state index in [2.05, 4.69) is 15.5 Å². The van der Waals surface area contributed by atoms with Gasteiger partial charge in [0.15, 0.2) is 0 Å². The van der Waals surface area contributed by atoms with Crippen molar-refractivity contribution in [2.24, 2.45) is 0 Å². The first-order chi connectivity index (χ1) is 10.3. The lowest BCUT2D eigenvalue weighted by atomic mass is 10.1. The maximum Gasteiger partial charge on any atom is 0.315 e. The summed E-state index contributed by atoms with van der Waals surface area (Å²) >= 11 is 5.86. The molecule has 21 heavy (non-hydrogen) atoms. The largest absolute Gasteiger partial charge is 0.408 e. The van der Waals surface area contributed by atoms with E-state index in [0.29, 0.717) is 24.9 Å². The van der Waals surface area contributed by atoms with E-state index in [1.54, 1.807) is 0 Å². The highest BCUT2D eigenvalue weighted by Crippen LogP contribution is 2.14. The van der Waals surface area contributed by atoms with Crippen molar-refractivity contribution in [2.45, 2.75) is 13.0 Å². The number of hydrogen-bond donors (Lipinski definition) is 1. The number of halogens is 1. The lowest BCUT2D eigenvalue weighted by molar-refractivity contribution is 0.516. The smallest absolute Gasteiger partial charge is 0.315 e. The van der Waals surface area contributed by atoms with Crippen LogP contribution in [0, 0.1) is 0 Å². The van der Waals surface area contributed by atoms with Crippen molar-refractivity contribution in [2.75, 3.05) is 5.32 Å². The van der Waals surface area contributed by atoms with Crippen LogP contribution in [0.4, 0.5) is 6.01 Å². The van der Waals surface area contributed by atoms with Crippen molar-refractivity contribution >= 4 is 17.6 Å². The van der Waals surface area contributed by atoms with Crippen molar-refractivity contribution < 1.29 is 4.42 Å². The second-order valence-electron chi connectivity index (χ2n) is 4.64. The molecule has 5 heteroatoms. The van der Waals surface area contributed by atoms with Crippen LogP contribution in [0.15, 0.2) is 59.0 Å². The van der Waals surface area contributed by atoms with Crippen LogP contribution >= 0.6 is 11.6 Å². The molecule has 0 bridgehead atoms. The van der Waals surface area contributed by atoms with Gasteiger partial charge in [-0.25, -0.2) is 0 Å². The maximum absolute atomic E-state index is 5.86. The zero-order valence-corrected chi connectivity index (χ0v) is 12.0. The molecule has 0 fully saturated rings. The average Bonchev–Trinajstić information content (AvgIpc) is 2.96. The van der Waals surface area contributed by atoms with Gasteiger partial charge < -0.3 is 9.73 Å². The highest BCUT2D eigenvalue weighted by molar-refractivity contribution is 6.30. The third-order valence-corrected chi connectivity index (χ3v) is 3.27. The number of anilines is 1. The summed E-state index contributed by atoms with van der Waals surface area (Å²) in [6.07, 6.45) is 0.594. The first-order valence-corrected chi connectivity index (χ1v) is 7.02. The van der Waals surface area contributed by atoms with Crippen LogP contribution in [0.25, 0.3) is 0 Å². The van der Waals surface area contributed by atoms with Crippen LogP contribution in [-0.2, 0) is 13.0 Å². The second kappa shape index (κ2) is 6.41. The van der Waals surface area contributed by atoms with Gasteiger partial charge in [0.1, 0.15) is 0 Å². The lowest BCUT2D eigenvalue weighted by Crippen LogP contribution is -1.98. The molecule has 106 valence electrons. The standard InChI is InChI=1S/C16H14ClN3O/c17-14-8-6-12(7-9-14)10-15-19-20-16(21-15)18-11-13-4-2-1-3-5-13/h1-9H,10-11H2,(H,18,20). The van der Waals surface area contributed by atoms with Crippen LogP contribution in [0.1, 0.15) is 17.0 Å². The van der Waals surface area contributed by atoms with Gasteiger partial charge in [-0.3, -0.25) is 0 Å². The zero-order valence-electron chi connectivity index (χ0n) is 11.3. The number of benzene rings is 2. The Morgan fingerprint density at radius 1 is 0.905 bits per heavy atom. The molecule has 0 spiro atoms. The molecule has 0 unspecified atom stereocenters. The fraction of sp³-hybridized carbons (Fsp3) is 0.125. The summed E-state index contributed by atoms with van der Waals surface area (Å²) in [4.78, 5) is 0. The molecule has 0 amide bonds. The fourth-order valence-corrected chi connectivity index (χ4v) is 2.07. The Morgan fingerprint density at radius 3 is 2.43 bits per heavy atom. The molecular formula is C16H14ClN3O. The number of aromatic nitrogens is 2. The van der Waals surface area contributed by atoms with Crippen LogP contribution in [0.2, 0.25) is 5.02 Å². The molecule has 0 saturated heterocycles. The molecule has 2 aromatic carbocycles. The van der Waals surface area contributed by atoms with Crippen LogP contribution in [0.3, 0.4) is 0 Å². The van der Waals surface area contributed by atoms with E-state index in [1.807, 2.05) is 54.6 Å². The van der Waals surface area contributed by atoms with E-state index in [-0.39, 0.29) is 0 Å². The van der Waals surface area contributed by atoms with Gasteiger partial charge in [0, 0.05) is 11.6 Å². The summed E-state index contributed by atoms with van der Waals surface area (Å²) < 4.78 is 5.57. The molecule has 1 N–H and O–H groups in total. The predicted octanol–water partition coefficient (Wildman–Crippen LogP) is 3.93. The van der Waals surface area contributed by atoms with Gasteiger partial charge in [-0.15, -0.1) is 5.10 Å². The second-order valence-corrected chi connectivity index (χ2v) is 5.08. The third kappa shape index (κ3) is 3.83. The first kappa shape index (κ1) is 13.6. The summed E-state index contributed by atoms with van der Waals surface area (Å²) in [5.41, 5.74) is 2.24. The first-order valence-electron chi connectivity index (χ1n) is 6.64. The van der Waals surface area contributed by atoms with E-state index < -0.39 is 0 Å². The quantitative estimate of drug-likeness (QED) is 0.775. The topological polar surface area (TPSA) is 51.0 Å². The Balaban J connectivity index is 1.59. The maximum atomic E-state index is 5.86. The minimum absolute atomic E-state index is 0.433. The average molecular weight is 300 g/mol. The number of rotatable bonds is 5. The Bertz CT molecular complexity index is 695. The molecule has 0 atom stereocenters. The van der Waals surface area contributed by atoms with Crippen molar-refractivity contribution in [3.8, 4) is 0 Å². The molecule has 0 aliphatic rings. The Labute approximate surface area is 127 Å². The van der Waals surface area contributed by atoms with Crippen LogP contribution < -0.4 is 5.32 Å². The number of hydrogen-bond acceptors (Lipinski definition) is 4. The molecule has 1 aromatic heterocycles. The summed E-state index contributed by atoms with van der Waals surface area (Å²) in [6, 6.07) is 18.1. The van der Waals surface area contributed by atoms with Gasteiger partial charge in [-0.2, -0.15) is 0 Å². The van der Waals surface area contributed by atoms with Crippen molar-refractivity contribution in [1.29, 1.82) is 0 Å². The lowest BCUT2D eigenvalue weighted by Gasteiger charge is -2.00. The van der Waals surface area contributed by atoms with Gasteiger partial charge in [0.2, 0.25) is 5.89 Å². The minimum atomic E-state index is 0.433. The van der Waals surface area contributed by atoms with E-state index in [0.717, 1.165) is 16.1 Å². The molecule has 3 aromatic rings. The highest BCUT2D eigenvalue weighted by atomic mass is 35.5. The molecule has 4 nitrogen and oxygen atoms in total. The van der Waals surface area contributed by atoms with E-state index in [4.69, 9.17) is 16.0 Å². The molecule has 0 aliphatic carbocycles. The van der Waals surface area contributed by atoms with Gasteiger partial charge >= 0.3 is 6.01 Å². The predicted molar refractivity (Wildman–Crippen MR) is 82.3 cm³/mol. The summed E-state index contributed by atoms with van der Waals surface area (Å²) in [7, 11) is 0. The van der Waals surface area contributed by atoms with Crippen LogP contribution in [0.5, 0.6) is 0 Å².